The van der Waals surface area contributed by atoms with Crippen molar-refractivity contribution in [2.24, 2.45) is 0 Å². The molecule has 1 aromatic rings. The second-order valence-corrected chi connectivity index (χ2v) is 4.97. The first-order chi connectivity index (χ1) is 8.50. The summed E-state index contributed by atoms with van der Waals surface area (Å²) in [5.74, 6) is -2.11. The van der Waals surface area contributed by atoms with Crippen LogP contribution in [0.2, 0.25) is 0 Å². The third-order valence-corrected chi connectivity index (χ3v) is 3.59. The van der Waals surface area contributed by atoms with Gasteiger partial charge in [0, 0.05) is 17.6 Å². The van der Waals surface area contributed by atoms with Gasteiger partial charge < -0.3 is 4.90 Å². The van der Waals surface area contributed by atoms with Crippen molar-refractivity contribution in [1.82, 2.24) is 4.90 Å². The van der Waals surface area contributed by atoms with Crippen LogP contribution in [0.4, 0.5) is 8.78 Å². The first kappa shape index (κ1) is 13.0. The molecule has 0 aromatic heterocycles. The first-order valence-electron chi connectivity index (χ1n) is 6.28. The largest absolute Gasteiger partial charge is 0.333 e. The van der Waals surface area contributed by atoms with Gasteiger partial charge in [-0.05, 0) is 51.3 Å². The highest BCUT2D eigenvalue weighted by molar-refractivity contribution is 5.94. The second kappa shape index (κ2) is 5.04. The molecular weight excluding hydrogens is 236 g/mol. The molecule has 4 heteroatoms. The summed E-state index contributed by atoms with van der Waals surface area (Å²) in [7, 11) is 0. The van der Waals surface area contributed by atoms with Crippen LogP contribution in [0.25, 0.3) is 0 Å². The summed E-state index contributed by atoms with van der Waals surface area (Å²) in [4.78, 5) is 14.1. The van der Waals surface area contributed by atoms with Crippen molar-refractivity contribution < 1.29 is 13.6 Å². The van der Waals surface area contributed by atoms with Crippen LogP contribution < -0.4 is 0 Å². The third kappa shape index (κ3) is 2.37. The zero-order valence-electron chi connectivity index (χ0n) is 10.6. The van der Waals surface area contributed by atoms with Crippen LogP contribution in [-0.2, 0) is 0 Å². The van der Waals surface area contributed by atoms with Gasteiger partial charge in [0.1, 0.15) is 0 Å². The molecule has 2 rings (SSSR count). The molecule has 0 unspecified atom stereocenters. The predicted octanol–water partition coefficient (Wildman–Crippen LogP) is 3.37. The molecule has 1 aliphatic heterocycles. The molecule has 2 nitrogen and oxygen atoms in total. The van der Waals surface area contributed by atoms with E-state index in [4.69, 9.17) is 0 Å². The molecule has 0 N–H and O–H groups in total. The molecule has 1 fully saturated rings. The second-order valence-electron chi connectivity index (χ2n) is 4.97. The molecule has 0 radical (unpaired) electrons. The van der Waals surface area contributed by atoms with Crippen molar-refractivity contribution in [2.75, 3.05) is 0 Å². The molecule has 1 aliphatic rings. The van der Waals surface area contributed by atoms with E-state index in [-0.39, 0.29) is 23.6 Å². The van der Waals surface area contributed by atoms with E-state index < -0.39 is 11.6 Å². The minimum Gasteiger partial charge on any atom is -0.333 e. The lowest BCUT2D eigenvalue weighted by atomic mass is 9.96. The van der Waals surface area contributed by atoms with Gasteiger partial charge in [0.05, 0.1) is 0 Å². The van der Waals surface area contributed by atoms with Gasteiger partial charge in [0.15, 0.2) is 11.6 Å². The van der Waals surface area contributed by atoms with Crippen molar-refractivity contribution in [2.45, 2.75) is 45.2 Å². The molecular formula is C14H17F2NO. The number of halogens is 2. The summed E-state index contributed by atoms with van der Waals surface area (Å²) >= 11 is 0. The Morgan fingerprint density at radius 3 is 2.33 bits per heavy atom. The zero-order chi connectivity index (χ0) is 13.3. The minimum absolute atomic E-state index is 0.148. The topological polar surface area (TPSA) is 20.3 Å². The van der Waals surface area contributed by atoms with Crippen LogP contribution in [0.15, 0.2) is 18.2 Å². The SMILES string of the molecule is C[C@H]1CCC[C@H](C)N1C(=O)c1ccc(F)c(F)c1. The monoisotopic (exact) mass is 253 g/mol. The van der Waals surface area contributed by atoms with E-state index in [2.05, 4.69) is 0 Å². The number of piperidine rings is 1. The van der Waals surface area contributed by atoms with Gasteiger partial charge in [-0.15, -0.1) is 0 Å². The fourth-order valence-corrected chi connectivity index (χ4v) is 2.60. The number of likely N-dealkylation sites (tertiary alicyclic amines) is 1. The molecule has 1 amide bonds. The molecule has 1 saturated heterocycles. The normalized spacial score (nSPS) is 24.1. The van der Waals surface area contributed by atoms with E-state index in [0.717, 1.165) is 31.4 Å². The molecule has 2 atom stereocenters. The summed E-state index contributed by atoms with van der Waals surface area (Å²) in [5.41, 5.74) is 0.217. The number of carbonyl (C=O) groups is 1. The number of hydrogen-bond acceptors (Lipinski definition) is 1. The van der Waals surface area contributed by atoms with E-state index in [1.807, 2.05) is 13.8 Å². The van der Waals surface area contributed by atoms with E-state index in [1.165, 1.54) is 6.07 Å². The Balaban J connectivity index is 2.26. The molecule has 0 aliphatic carbocycles. The number of benzene rings is 1. The third-order valence-electron chi connectivity index (χ3n) is 3.59. The van der Waals surface area contributed by atoms with Crippen LogP contribution >= 0.6 is 0 Å². The van der Waals surface area contributed by atoms with Gasteiger partial charge in [-0.1, -0.05) is 0 Å². The van der Waals surface area contributed by atoms with Crippen LogP contribution in [0.5, 0.6) is 0 Å². The molecule has 18 heavy (non-hydrogen) atoms. The Morgan fingerprint density at radius 2 is 1.78 bits per heavy atom. The standard InChI is InChI=1S/C14H17F2NO/c1-9-4-3-5-10(2)17(9)14(18)11-6-7-12(15)13(16)8-11/h6-10H,3-5H2,1-2H3/t9-,10-/m0/s1. The summed E-state index contributed by atoms with van der Waals surface area (Å²) in [6.45, 7) is 3.99. The molecule has 98 valence electrons. The number of nitrogens with zero attached hydrogens (tertiary/aromatic N) is 1. The highest BCUT2D eigenvalue weighted by Crippen LogP contribution is 2.25. The van der Waals surface area contributed by atoms with E-state index in [1.54, 1.807) is 4.90 Å². The molecule has 0 bridgehead atoms. The maximum atomic E-state index is 13.2. The van der Waals surface area contributed by atoms with E-state index in [9.17, 15) is 13.6 Å². The molecule has 1 aromatic carbocycles. The van der Waals surface area contributed by atoms with Gasteiger partial charge in [-0.2, -0.15) is 0 Å². The average Bonchev–Trinajstić information content (AvgIpc) is 2.32. The zero-order valence-corrected chi connectivity index (χ0v) is 10.6. The van der Waals surface area contributed by atoms with Crippen LogP contribution in [0.3, 0.4) is 0 Å². The summed E-state index contributed by atoms with van der Waals surface area (Å²) in [6.07, 6.45) is 3.02. The lowest BCUT2D eigenvalue weighted by Crippen LogP contribution is -2.47. The minimum atomic E-state index is -0.974. The van der Waals surface area contributed by atoms with Crippen molar-refractivity contribution in [1.29, 1.82) is 0 Å². The van der Waals surface area contributed by atoms with E-state index >= 15 is 0 Å². The van der Waals surface area contributed by atoms with Gasteiger partial charge in [-0.25, -0.2) is 8.78 Å². The Kier molecular flexibility index (Phi) is 3.64. The van der Waals surface area contributed by atoms with Crippen LogP contribution in [-0.4, -0.2) is 22.9 Å². The summed E-state index contributed by atoms with van der Waals surface area (Å²) in [5, 5.41) is 0. The fraction of sp³-hybridized carbons (Fsp3) is 0.500. The van der Waals surface area contributed by atoms with Crippen molar-refractivity contribution >= 4 is 5.91 Å². The number of carbonyl (C=O) groups excluding carboxylic acids is 1. The number of hydrogen-bond donors (Lipinski definition) is 0. The Labute approximate surface area is 106 Å². The molecule has 0 spiro atoms. The Morgan fingerprint density at radius 1 is 1.17 bits per heavy atom. The first-order valence-corrected chi connectivity index (χ1v) is 6.28. The summed E-state index contributed by atoms with van der Waals surface area (Å²) < 4.78 is 26.0. The molecule has 0 saturated carbocycles. The highest BCUT2D eigenvalue weighted by atomic mass is 19.2. The highest BCUT2D eigenvalue weighted by Gasteiger charge is 2.29. The maximum Gasteiger partial charge on any atom is 0.254 e. The fourth-order valence-electron chi connectivity index (χ4n) is 2.60. The number of rotatable bonds is 1. The lowest BCUT2D eigenvalue weighted by molar-refractivity contribution is 0.0510. The van der Waals surface area contributed by atoms with Crippen molar-refractivity contribution in [3.8, 4) is 0 Å². The van der Waals surface area contributed by atoms with Crippen LogP contribution in [0, 0.1) is 11.6 Å². The van der Waals surface area contributed by atoms with Gasteiger partial charge in [-0.3, -0.25) is 4.79 Å². The van der Waals surface area contributed by atoms with Gasteiger partial charge in [0.2, 0.25) is 0 Å². The van der Waals surface area contributed by atoms with Crippen molar-refractivity contribution in [3.05, 3.63) is 35.4 Å². The lowest BCUT2D eigenvalue weighted by Gasteiger charge is -2.39. The summed E-state index contributed by atoms with van der Waals surface area (Å²) in [6, 6.07) is 3.62. The smallest absolute Gasteiger partial charge is 0.254 e. The van der Waals surface area contributed by atoms with Crippen LogP contribution in [0.1, 0.15) is 43.5 Å². The molecule has 1 heterocycles. The Hall–Kier alpha value is -1.45. The van der Waals surface area contributed by atoms with E-state index in [0.29, 0.717) is 0 Å². The quantitative estimate of drug-likeness (QED) is 0.751. The van der Waals surface area contributed by atoms with Crippen molar-refractivity contribution in [3.63, 3.8) is 0 Å². The average molecular weight is 253 g/mol. The van der Waals surface area contributed by atoms with Gasteiger partial charge in [0.25, 0.3) is 5.91 Å². The predicted molar refractivity (Wildman–Crippen MR) is 65.3 cm³/mol. The number of amides is 1. The van der Waals surface area contributed by atoms with Gasteiger partial charge >= 0.3 is 0 Å². The Bertz CT molecular complexity index is 451. The maximum absolute atomic E-state index is 13.2.